The Hall–Kier alpha value is -1.75. The highest BCUT2D eigenvalue weighted by Gasteiger charge is 2.44. The van der Waals surface area contributed by atoms with Crippen LogP contribution in [-0.4, -0.2) is 24.3 Å². The van der Waals surface area contributed by atoms with Crippen molar-refractivity contribution in [2.45, 2.75) is 57.3 Å². The SMILES string of the molecule is C[C@H]1C[C@@H](C(=O)Nc2ccc3c(c2)OC2(CCCC2)O3)CCN1. The summed E-state index contributed by atoms with van der Waals surface area (Å²) in [6, 6.07) is 6.10. The van der Waals surface area contributed by atoms with E-state index in [1.165, 1.54) is 0 Å². The Balaban J connectivity index is 1.44. The predicted octanol–water partition coefficient (Wildman–Crippen LogP) is 3.05. The second-order valence-corrected chi connectivity index (χ2v) is 7.05. The van der Waals surface area contributed by atoms with Crippen LogP contribution in [0.1, 0.15) is 45.4 Å². The summed E-state index contributed by atoms with van der Waals surface area (Å²) in [4.78, 5) is 12.5. The quantitative estimate of drug-likeness (QED) is 0.880. The molecule has 0 radical (unpaired) electrons. The zero-order valence-electron chi connectivity index (χ0n) is 13.6. The average molecular weight is 316 g/mol. The van der Waals surface area contributed by atoms with Gasteiger partial charge in [0.15, 0.2) is 11.5 Å². The summed E-state index contributed by atoms with van der Waals surface area (Å²) in [7, 11) is 0. The largest absolute Gasteiger partial charge is 0.448 e. The normalized spacial score (nSPS) is 28.0. The van der Waals surface area contributed by atoms with Gasteiger partial charge in [0.2, 0.25) is 5.91 Å². The average Bonchev–Trinajstić information content (AvgIpc) is 3.13. The fourth-order valence-corrected chi connectivity index (χ4v) is 3.90. The number of carbonyl (C=O) groups excluding carboxylic acids is 1. The lowest BCUT2D eigenvalue weighted by atomic mass is 9.92. The van der Waals surface area contributed by atoms with Gasteiger partial charge in [-0.3, -0.25) is 4.79 Å². The first-order chi connectivity index (χ1) is 11.1. The number of carbonyl (C=O) groups is 1. The second kappa shape index (κ2) is 5.71. The fourth-order valence-electron chi connectivity index (χ4n) is 3.90. The third-order valence-corrected chi connectivity index (χ3v) is 5.16. The summed E-state index contributed by atoms with van der Waals surface area (Å²) >= 11 is 0. The highest BCUT2D eigenvalue weighted by Crippen LogP contribution is 2.47. The van der Waals surface area contributed by atoms with Gasteiger partial charge in [0.1, 0.15) is 0 Å². The highest BCUT2D eigenvalue weighted by atomic mass is 16.7. The fraction of sp³-hybridized carbons (Fsp3) is 0.611. The molecule has 1 saturated carbocycles. The Labute approximate surface area is 136 Å². The maximum Gasteiger partial charge on any atom is 0.251 e. The molecule has 5 heteroatoms. The minimum absolute atomic E-state index is 0.0813. The monoisotopic (exact) mass is 316 g/mol. The van der Waals surface area contributed by atoms with Crippen molar-refractivity contribution in [2.24, 2.45) is 5.92 Å². The summed E-state index contributed by atoms with van der Waals surface area (Å²) in [5, 5.41) is 6.41. The third kappa shape index (κ3) is 2.90. The van der Waals surface area contributed by atoms with Crippen molar-refractivity contribution in [1.29, 1.82) is 0 Å². The van der Waals surface area contributed by atoms with Gasteiger partial charge in [0.25, 0.3) is 5.79 Å². The van der Waals surface area contributed by atoms with E-state index < -0.39 is 5.79 Å². The molecule has 1 spiro atoms. The van der Waals surface area contributed by atoms with Crippen LogP contribution in [0, 0.1) is 5.92 Å². The van der Waals surface area contributed by atoms with Gasteiger partial charge in [-0.1, -0.05) is 0 Å². The van der Waals surface area contributed by atoms with Crippen LogP contribution in [0.15, 0.2) is 18.2 Å². The van der Waals surface area contributed by atoms with E-state index in [0.717, 1.165) is 62.3 Å². The molecule has 0 aromatic heterocycles. The number of piperidine rings is 1. The van der Waals surface area contributed by atoms with E-state index in [-0.39, 0.29) is 11.8 Å². The van der Waals surface area contributed by atoms with E-state index in [4.69, 9.17) is 9.47 Å². The molecule has 1 aliphatic carbocycles. The van der Waals surface area contributed by atoms with Crippen molar-refractivity contribution in [3.63, 3.8) is 0 Å². The zero-order chi connectivity index (χ0) is 15.9. The van der Waals surface area contributed by atoms with Crippen LogP contribution >= 0.6 is 0 Å². The van der Waals surface area contributed by atoms with Gasteiger partial charge in [0.05, 0.1) is 0 Å². The minimum Gasteiger partial charge on any atom is -0.448 e. The van der Waals surface area contributed by atoms with Crippen LogP contribution in [0.2, 0.25) is 0 Å². The van der Waals surface area contributed by atoms with Crippen molar-refractivity contribution < 1.29 is 14.3 Å². The Bertz CT molecular complexity index is 610. The van der Waals surface area contributed by atoms with E-state index in [9.17, 15) is 4.79 Å². The Morgan fingerprint density at radius 3 is 2.83 bits per heavy atom. The zero-order valence-corrected chi connectivity index (χ0v) is 13.6. The van der Waals surface area contributed by atoms with Gasteiger partial charge < -0.3 is 20.1 Å². The van der Waals surface area contributed by atoms with Crippen LogP contribution in [0.3, 0.4) is 0 Å². The third-order valence-electron chi connectivity index (χ3n) is 5.16. The standard InChI is InChI=1S/C18H24N2O3/c1-12-10-13(6-9-19-12)17(21)20-14-4-5-15-16(11-14)23-18(22-15)7-2-3-8-18/h4-5,11-13,19H,2-3,6-10H2,1H3,(H,20,21)/t12-,13-/m0/s1. The van der Waals surface area contributed by atoms with Crippen LogP contribution in [0.25, 0.3) is 0 Å². The molecule has 5 nitrogen and oxygen atoms in total. The van der Waals surface area contributed by atoms with Gasteiger partial charge in [-0.05, 0) is 51.3 Å². The van der Waals surface area contributed by atoms with Crippen molar-refractivity contribution in [2.75, 3.05) is 11.9 Å². The molecule has 1 amide bonds. The number of hydrogen-bond acceptors (Lipinski definition) is 4. The summed E-state index contributed by atoms with van der Waals surface area (Å²) < 4.78 is 12.1. The van der Waals surface area contributed by atoms with Crippen LogP contribution in [-0.2, 0) is 4.79 Å². The summed E-state index contributed by atoms with van der Waals surface area (Å²) in [5.74, 6) is 1.28. The lowest BCUT2D eigenvalue weighted by molar-refractivity contribution is -0.120. The molecule has 0 bridgehead atoms. The van der Waals surface area contributed by atoms with Gasteiger partial charge in [-0.2, -0.15) is 0 Å². The lowest BCUT2D eigenvalue weighted by Gasteiger charge is -2.27. The summed E-state index contributed by atoms with van der Waals surface area (Å²) in [6.45, 7) is 3.03. The number of ether oxygens (including phenoxy) is 2. The number of anilines is 1. The first-order valence-corrected chi connectivity index (χ1v) is 8.70. The number of amides is 1. The molecule has 0 unspecified atom stereocenters. The Morgan fingerprint density at radius 1 is 1.26 bits per heavy atom. The second-order valence-electron chi connectivity index (χ2n) is 7.05. The summed E-state index contributed by atoms with van der Waals surface area (Å²) in [5.41, 5.74) is 0.790. The molecule has 23 heavy (non-hydrogen) atoms. The summed E-state index contributed by atoms with van der Waals surface area (Å²) in [6.07, 6.45) is 5.95. The molecule has 2 atom stereocenters. The Kier molecular flexibility index (Phi) is 3.68. The van der Waals surface area contributed by atoms with E-state index >= 15 is 0 Å². The molecule has 1 saturated heterocycles. The smallest absolute Gasteiger partial charge is 0.251 e. The number of rotatable bonds is 2. The first kappa shape index (κ1) is 14.8. The maximum absolute atomic E-state index is 12.5. The van der Waals surface area contributed by atoms with Crippen molar-refractivity contribution >= 4 is 11.6 Å². The van der Waals surface area contributed by atoms with Gasteiger partial charge in [-0.15, -0.1) is 0 Å². The number of benzene rings is 1. The molecule has 2 N–H and O–H groups in total. The molecule has 1 aromatic carbocycles. The molecule has 2 fully saturated rings. The molecular formula is C18H24N2O3. The molecule has 3 aliphatic rings. The van der Waals surface area contributed by atoms with E-state index in [1.807, 2.05) is 18.2 Å². The number of hydrogen-bond donors (Lipinski definition) is 2. The highest BCUT2D eigenvalue weighted by molar-refractivity contribution is 5.93. The molecule has 1 aromatic rings. The van der Waals surface area contributed by atoms with Gasteiger partial charge in [-0.25, -0.2) is 0 Å². The lowest BCUT2D eigenvalue weighted by Crippen LogP contribution is -2.40. The topological polar surface area (TPSA) is 59.6 Å². The molecule has 4 rings (SSSR count). The molecular weight excluding hydrogens is 292 g/mol. The maximum atomic E-state index is 12.5. The van der Waals surface area contributed by atoms with E-state index in [1.54, 1.807) is 0 Å². The van der Waals surface area contributed by atoms with Crippen molar-refractivity contribution in [3.8, 4) is 11.5 Å². The van der Waals surface area contributed by atoms with Gasteiger partial charge >= 0.3 is 0 Å². The number of fused-ring (bicyclic) bond motifs is 1. The first-order valence-electron chi connectivity index (χ1n) is 8.70. The predicted molar refractivity (Wildman–Crippen MR) is 87.7 cm³/mol. The molecule has 124 valence electrons. The van der Waals surface area contributed by atoms with Crippen LogP contribution in [0.5, 0.6) is 11.5 Å². The van der Waals surface area contributed by atoms with Crippen LogP contribution in [0.4, 0.5) is 5.69 Å². The molecule has 2 heterocycles. The van der Waals surface area contributed by atoms with E-state index in [2.05, 4.69) is 17.6 Å². The number of nitrogens with one attached hydrogen (secondary N) is 2. The van der Waals surface area contributed by atoms with Crippen LogP contribution < -0.4 is 20.1 Å². The van der Waals surface area contributed by atoms with Gasteiger partial charge in [0, 0.05) is 36.6 Å². The van der Waals surface area contributed by atoms with Crippen molar-refractivity contribution in [3.05, 3.63) is 18.2 Å². The molecule has 2 aliphatic heterocycles. The van der Waals surface area contributed by atoms with Crippen molar-refractivity contribution in [1.82, 2.24) is 5.32 Å². The van der Waals surface area contributed by atoms with E-state index in [0.29, 0.717) is 6.04 Å². The Morgan fingerprint density at radius 2 is 2.04 bits per heavy atom. The minimum atomic E-state index is -0.449.